The molecule has 4 N–H and O–H groups in total. The summed E-state index contributed by atoms with van der Waals surface area (Å²) in [5.74, 6) is -1.04. The van der Waals surface area contributed by atoms with Crippen molar-refractivity contribution >= 4 is 11.8 Å². The molecule has 98 valence electrons. The zero-order valence-corrected chi connectivity index (χ0v) is 10.9. The van der Waals surface area contributed by atoms with E-state index in [0.717, 1.165) is 16.7 Å². The van der Waals surface area contributed by atoms with Gasteiger partial charge >= 0.3 is 0 Å². The van der Waals surface area contributed by atoms with Crippen LogP contribution >= 0.6 is 0 Å². The summed E-state index contributed by atoms with van der Waals surface area (Å²) >= 11 is 0. The molecule has 0 aromatic heterocycles. The highest BCUT2D eigenvalue weighted by Crippen LogP contribution is 2.26. The second-order valence-corrected chi connectivity index (χ2v) is 4.60. The number of hydrogen-bond donors (Lipinski definition) is 2. The predicted octanol–water partition coefficient (Wildman–Crippen LogP) is 1.53. The van der Waals surface area contributed by atoms with Crippen molar-refractivity contribution < 1.29 is 9.59 Å². The summed E-state index contributed by atoms with van der Waals surface area (Å²) in [6.07, 6.45) is 1.42. The second-order valence-electron chi connectivity index (χ2n) is 4.60. The highest BCUT2D eigenvalue weighted by Gasteiger charge is 2.20. The summed E-state index contributed by atoms with van der Waals surface area (Å²) in [6, 6.07) is 5.84. The first-order chi connectivity index (χ1) is 8.43. The fourth-order valence-electron chi connectivity index (χ4n) is 2.08. The van der Waals surface area contributed by atoms with Gasteiger partial charge in [-0.1, -0.05) is 18.2 Å². The maximum atomic E-state index is 11.5. The molecule has 0 aliphatic carbocycles. The number of primary amides is 2. The van der Waals surface area contributed by atoms with Crippen molar-refractivity contribution in [2.75, 3.05) is 0 Å². The summed E-state index contributed by atoms with van der Waals surface area (Å²) < 4.78 is 0. The van der Waals surface area contributed by atoms with E-state index in [1.807, 2.05) is 32.0 Å². The minimum atomic E-state index is -0.354. The quantitative estimate of drug-likeness (QED) is 0.799. The molecule has 0 bridgehead atoms. The van der Waals surface area contributed by atoms with Crippen LogP contribution in [0.2, 0.25) is 0 Å². The van der Waals surface area contributed by atoms with Crippen molar-refractivity contribution in [2.24, 2.45) is 11.5 Å². The minimum Gasteiger partial charge on any atom is -0.370 e. The fraction of sp³-hybridized carbons (Fsp3) is 0.429. The number of amides is 2. The largest absolute Gasteiger partial charge is 0.370 e. The molecule has 1 unspecified atom stereocenters. The molecule has 4 heteroatoms. The Hall–Kier alpha value is -1.84. The van der Waals surface area contributed by atoms with Gasteiger partial charge in [0.2, 0.25) is 11.8 Å². The summed E-state index contributed by atoms with van der Waals surface area (Å²) in [5, 5.41) is 0. The van der Waals surface area contributed by atoms with Gasteiger partial charge in [-0.2, -0.15) is 0 Å². The number of nitrogens with two attached hydrogens (primary N) is 2. The SMILES string of the molecule is Cc1cccc(C(CCCC(N)=O)C(N)=O)c1C. The van der Waals surface area contributed by atoms with E-state index in [1.54, 1.807) is 0 Å². The minimum absolute atomic E-state index is 0.286. The molecule has 0 saturated heterocycles. The molecular weight excluding hydrogens is 228 g/mol. The van der Waals surface area contributed by atoms with E-state index in [0.29, 0.717) is 12.8 Å². The van der Waals surface area contributed by atoms with Gasteiger partial charge in [0.05, 0.1) is 5.92 Å². The zero-order valence-electron chi connectivity index (χ0n) is 10.9. The Morgan fingerprint density at radius 3 is 2.44 bits per heavy atom. The molecule has 1 aromatic rings. The third-order valence-corrected chi connectivity index (χ3v) is 3.28. The summed E-state index contributed by atoms with van der Waals surface area (Å²) in [4.78, 5) is 22.3. The highest BCUT2D eigenvalue weighted by molar-refractivity contribution is 5.82. The lowest BCUT2D eigenvalue weighted by atomic mass is 9.88. The number of carbonyl (C=O) groups is 2. The number of rotatable bonds is 6. The van der Waals surface area contributed by atoms with Crippen LogP contribution in [0.1, 0.15) is 41.9 Å². The Balaban J connectivity index is 2.88. The number of hydrogen-bond acceptors (Lipinski definition) is 2. The van der Waals surface area contributed by atoms with E-state index in [4.69, 9.17) is 11.5 Å². The molecule has 1 rings (SSSR count). The van der Waals surface area contributed by atoms with Crippen LogP contribution in [0.25, 0.3) is 0 Å². The van der Waals surface area contributed by atoms with Crippen LogP contribution in [0.15, 0.2) is 18.2 Å². The standard InChI is InChI=1S/C14H20N2O2/c1-9-5-3-6-11(10(9)2)12(14(16)18)7-4-8-13(15)17/h3,5-6,12H,4,7-8H2,1-2H3,(H2,15,17)(H2,16,18). The molecule has 0 heterocycles. The molecule has 2 amide bonds. The van der Waals surface area contributed by atoms with Gasteiger partial charge in [-0.05, 0) is 43.4 Å². The summed E-state index contributed by atoms with van der Waals surface area (Å²) in [7, 11) is 0. The zero-order chi connectivity index (χ0) is 13.7. The lowest BCUT2D eigenvalue weighted by Gasteiger charge is -2.17. The van der Waals surface area contributed by atoms with Crippen LogP contribution in [0.3, 0.4) is 0 Å². The van der Waals surface area contributed by atoms with Gasteiger partial charge in [0.1, 0.15) is 0 Å². The van der Waals surface area contributed by atoms with Gasteiger partial charge in [-0.3, -0.25) is 9.59 Å². The van der Waals surface area contributed by atoms with Crippen LogP contribution in [-0.4, -0.2) is 11.8 Å². The van der Waals surface area contributed by atoms with Crippen LogP contribution in [-0.2, 0) is 9.59 Å². The van der Waals surface area contributed by atoms with Gasteiger partial charge in [0.25, 0.3) is 0 Å². The van der Waals surface area contributed by atoms with E-state index >= 15 is 0 Å². The first-order valence-electron chi connectivity index (χ1n) is 6.07. The molecule has 18 heavy (non-hydrogen) atoms. The molecule has 1 atom stereocenters. The molecule has 4 nitrogen and oxygen atoms in total. The fourth-order valence-corrected chi connectivity index (χ4v) is 2.08. The lowest BCUT2D eigenvalue weighted by molar-refractivity contribution is -0.120. The van der Waals surface area contributed by atoms with E-state index in [2.05, 4.69) is 0 Å². The van der Waals surface area contributed by atoms with Crippen LogP contribution < -0.4 is 11.5 Å². The maximum Gasteiger partial charge on any atom is 0.224 e. The molecule has 0 radical (unpaired) electrons. The van der Waals surface area contributed by atoms with Crippen molar-refractivity contribution in [3.63, 3.8) is 0 Å². The summed E-state index contributed by atoms with van der Waals surface area (Å²) in [6.45, 7) is 3.98. The third-order valence-electron chi connectivity index (χ3n) is 3.28. The van der Waals surface area contributed by atoms with Gasteiger partial charge in [-0.15, -0.1) is 0 Å². The van der Waals surface area contributed by atoms with Crippen molar-refractivity contribution in [1.82, 2.24) is 0 Å². The normalized spacial score (nSPS) is 12.1. The third kappa shape index (κ3) is 3.58. The van der Waals surface area contributed by atoms with Gasteiger partial charge in [0, 0.05) is 6.42 Å². The average molecular weight is 248 g/mol. The number of carbonyl (C=O) groups excluding carboxylic acids is 2. The Bertz CT molecular complexity index is 455. The van der Waals surface area contributed by atoms with E-state index in [1.165, 1.54) is 0 Å². The highest BCUT2D eigenvalue weighted by atomic mass is 16.1. The molecule has 0 spiro atoms. The maximum absolute atomic E-state index is 11.5. The van der Waals surface area contributed by atoms with E-state index in [9.17, 15) is 9.59 Å². The smallest absolute Gasteiger partial charge is 0.224 e. The topological polar surface area (TPSA) is 86.2 Å². The van der Waals surface area contributed by atoms with Crippen LogP contribution in [0.4, 0.5) is 0 Å². The van der Waals surface area contributed by atoms with Crippen molar-refractivity contribution in [3.8, 4) is 0 Å². The van der Waals surface area contributed by atoms with Crippen LogP contribution in [0.5, 0.6) is 0 Å². The van der Waals surface area contributed by atoms with E-state index < -0.39 is 0 Å². The van der Waals surface area contributed by atoms with E-state index in [-0.39, 0.29) is 24.2 Å². The lowest BCUT2D eigenvalue weighted by Crippen LogP contribution is -2.23. The molecule has 0 aliphatic heterocycles. The molecular formula is C14H20N2O2. The monoisotopic (exact) mass is 248 g/mol. The Morgan fingerprint density at radius 1 is 1.22 bits per heavy atom. The predicted molar refractivity (Wildman–Crippen MR) is 70.9 cm³/mol. The van der Waals surface area contributed by atoms with Gasteiger partial charge in [0.15, 0.2) is 0 Å². The van der Waals surface area contributed by atoms with Crippen LogP contribution in [0, 0.1) is 13.8 Å². The van der Waals surface area contributed by atoms with Crippen molar-refractivity contribution in [2.45, 2.75) is 39.0 Å². The van der Waals surface area contributed by atoms with Gasteiger partial charge < -0.3 is 11.5 Å². The number of aryl methyl sites for hydroxylation is 1. The Labute approximate surface area is 107 Å². The first-order valence-corrected chi connectivity index (χ1v) is 6.07. The molecule has 0 aliphatic rings. The van der Waals surface area contributed by atoms with Crippen molar-refractivity contribution in [3.05, 3.63) is 34.9 Å². The average Bonchev–Trinajstić information content (AvgIpc) is 2.28. The summed E-state index contributed by atoms with van der Waals surface area (Å²) in [5.41, 5.74) is 13.7. The van der Waals surface area contributed by atoms with Crippen molar-refractivity contribution in [1.29, 1.82) is 0 Å². The molecule has 1 aromatic carbocycles. The second kappa shape index (κ2) is 6.19. The number of benzene rings is 1. The first kappa shape index (κ1) is 14.2. The molecule has 0 fully saturated rings. The Kier molecular flexibility index (Phi) is 4.89. The molecule has 0 saturated carbocycles. The van der Waals surface area contributed by atoms with Gasteiger partial charge in [-0.25, -0.2) is 0 Å². The Morgan fingerprint density at radius 2 is 1.89 bits per heavy atom.